The van der Waals surface area contributed by atoms with Crippen LogP contribution in [-0.4, -0.2) is 41.0 Å². The number of ether oxygens (including phenoxy) is 2. The third-order valence-corrected chi connectivity index (χ3v) is 5.18. The number of hydrogen-bond acceptors (Lipinski definition) is 6. The molecule has 0 bridgehead atoms. The van der Waals surface area contributed by atoms with Crippen molar-refractivity contribution in [3.63, 3.8) is 0 Å². The molecule has 0 fully saturated rings. The molecule has 1 atom stereocenters. The molecule has 1 amide bonds. The molecule has 2 heterocycles. The number of nitrogens with zero attached hydrogens (tertiary/aromatic N) is 2. The fourth-order valence-electron chi connectivity index (χ4n) is 3.43. The van der Waals surface area contributed by atoms with Crippen LogP contribution in [-0.2, 0) is 4.79 Å². The number of nitrogens with one attached hydrogen (secondary N) is 2. The summed E-state index contributed by atoms with van der Waals surface area (Å²) in [7, 11) is 3.02. The summed E-state index contributed by atoms with van der Waals surface area (Å²) in [5.41, 5.74) is 1.32. The molecule has 10 heteroatoms. The van der Waals surface area contributed by atoms with Gasteiger partial charge in [-0.15, -0.1) is 0 Å². The van der Waals surface area contributed by atoms with Crippen molar-refractivity contribution in [3.8, 4) is 11.5 Å². The van der Waals surface area contributed by atoms with Crippen LogP contribution in [0.15, 0.2) is 60.4 Å². The average Bonchev–Trinajstić information content (AvgIpc) is 3.22. The van der Waals surface area contributed by atoms with E-state index < -0.39 is 17.9 Å². The Labute approximate surface area is 188 Å². The van der Waals surface area contributed by atoms with Crippen molar-refractivity contribution >= 4 is 35.0 Å². The lowest BCUT2D eigenvalue weighted by molar-refractivity contribution is -0.132. The molecule has 0 spiro atoms. The second-order valence-electron chi connectivity index (χ2n) is 6.89. The molecular formula is C22H19ClN4O5. The van der Waals surface area contributed by atoms with Gasteiger partial charge in [-0.1, -0.05) is 23.7 Å². The van der Waals surface area contributed by atoms with E-state index in [0.717, 1.165) is 5.56 Å². The highest BCUT2D eigenvalue weighted by atomic mass is 35.5. The van der Waals surface area contributed by atoms with E-state index >= 15 is 0 Å². The van der Waals surface area contributed by atoms with Gasteiger partial charge in [0.15, 0.2) is 11.5 Å². The zero-order valence-corrected chi connectivity index (χ0v) is 17.9. The smallest absolute Gasteiger partial charge is 0.352 e. The first-order valence-corrected chi connectivity index (χ1v) is 9.87. The van der Waals surface area contributed by atoms with Crippen LogP contribution in [0.4, 0.5) is 11.5 Å². The highest BCUT2D eigenvalue weighted by Crippen LogP contribution is 2.34. The molecule has 0 unspecified atom stereocenters. The van der Waals surface area contributed by atoms with E-state index in [1.54, 1.807) is 41.1 Å². The van der Waals surface area contributed by atoms with E-state index in [4.69, 9.17) is 21.1 Å². The van der Waals surface area contributed by atoms with Gasteiger partial charge >= 0.3 is 5.97 Å². The number of aromatic nitrogens is 2. The topological polar surface area (TPSA) is 115 Å². The normalized spacial score (nSPS) is 14.6. The summed E-state index contributed by atoms with van der Waals surface area (Å²) in [4.78, 5) is 24.7. The van der Waals surface area contributed by atoms with Gasteiger partial charge in [0.2, 0.25) is 0 Å². The van der Waals surface area contributed by atoms with Crippen molar-refractivity contribution in [1.29, 1.82) is 0 Å². The Balaban J connectivity index is 1.69. The van der Waals surface area contributed by atoms with Crippen LogP contribution in [0.25, 0.3) is 0 Å². The summed E-state index contributed by atoms with van der Waals surface area (Å²) >= 11 is 6.12. The minimum absolute atomic E-state index is 0.0665. The summed E-state index contributed by atoms with van der Waals surface area (Å²) in [5, 5.41) is 20.0. The number of fused-ring (bicyclic) bond motifs is 1. The van der Waals surface area contributed by atoms with Gasteiger partial charge in [-0.2, -0.15) is 5.10 Å². The van der Waals surface area contributed by atoms with Gasteiger partial charge in [-0.3, -0.25) is 4.79 Å². The van der Waals surface area contributed by atoms with Crippen molar-refractivity contribution in [2.45, 2.75) is 6.04 Å². The number of halogens is 1. The second-order valence-corrected chi connectivity index (χ2v) is 7.32. The molecule has 9 nitrogen and oxygen atoms in total. The van der Waals surface area contributed by atoms with E-state index in [1.807, 2.05) is 6.07 Å². The molecule has 1 aliphatic rings. The van der Waals surface area contributed by atoms with Gasteiger partial charge in [0, 0.05) is 16.8 Å². The summed E-state index contributed by atoms with van der Waals surface area (Å²) in [6, 6.07) is 11.4. The number of benzene rings is 2. The standard InChI is InChI=1S/C22H19ClN4O5/c1-31-18-7-6-14(9-19(18)32-2)25-21(28)15-11-24-27-17(12-4-3-5-13(23)8-12)10-16(22(29)30)26-20(15)27/h3-11,17,26H,1-2H3,(H,25,28)(H,29,30)/t17-/m1/s1. The van der Waals surface area contributed by atoms with Gasteiger partial charge in [0.05, 0.1) is 26.5 Å². The van der Waals surface area contributed by atoms with Crippen LogP contribution < -0.4 is 20.1 Å². The number of anilines is 2. The lowest BCUT2D eigenvalue weighted by Crippen LogP contribution is -2.25. The Bertz CT molecular complexity index is 1240. The number of methoxy groups -OCH3 is 2. The number of carbonyl (C=O) groups is 2. The quantitative estimate of drug-likeness (QED) is 0.519. The van der Waals surface area contributed by atoms with Gasteiger partial charge < -0.3 is 25.2 Å². The predicted octanol–water partition coefficient (Wildman–Crippen LogP) is 3.79. The van der Waals surface area contributed by atoms with Crippen molar-refractivity contribution in [2.75, 3.05) is 24.9 Å². The minimum atomic E-state index is -1.16. The predicted molar refractivity (Wildman–Crippen MR) is 119 cm³/mol. The Morgan fingerprint density at radius 1 is 1.16 bits per heavy atom. The molecule has 0 radical (unpaired) electrons. The number of amides is 1. The Hall–Kier alpha value is -3.98. The molecular weight excluding hydrogens is 436 g/mol. The van der Waals surface area contributed by atoms with E-state index in [9.17, 15) is 14.7 Å². The van der Waals surface area contributed by atoms with E-state index in [0.29, 0.717) is 22.2 Å². The Kier molecular flexibility index (Phi) is 5.74. The third-order valence-electron chi connectivity index (χ3n) is 4.94. The van der Waals surface area contributed by atoms with Crippen LogP contribution in [0.5, 0.6) is 11.5 Å². The number of carboxylic acid groups (broad SMARTS) is 1. The van der Waals surface area contributed by atoms with Crippen molar-refractivity contribution < 1.29 is 24.2 Å². The average molecular weight is 455 g/mol. The minimum Gasteiger partial charge on any atom is -0.493 e. The van der Waals surface area contributed by atoms with Crippen molar-refractivity contribution in [1.82, 2.24) is 9.78 Å². The molecule has 2 aromatic carbocycles. The first-order valence-electron chi connectivity index (χ1n) is 9.49. The van der Waals surface area contributed by atoms with Gasteiger partial charge in [0.1, 0.15) is 17.1 Å². The molecule has 0 saturated carbocycles. The summed E-state index contributed by atoms with van der Waals surface area (Å²) in [6.45, 7) is 0. The Morgan fingerprint density at radius 3 is 2.62 bits per heavy atom. The van der Waals surface area contributed by atoms with E-state index in [2.05, 4.69) is 15.7 Å². The molecule has 1 aromatic heterocycles. The zero-order valence-electron chi connectivity index (χ0n) is 17.1. The van der Waals surface area contributed by atoms with E-state index in [1.165, 1.54) is 26.5 Å². The highest BCUT2D eigenvalue weighted by molar-refractivity contribution is 6.30. The zero-order chi connectivity index (χ0) is 22.8. The number of allylic oxidation sites excluding steroid dienone is 1. The lowest BCUT2D eigenvalue weighted by atomic mass is 10.0. The fraction of sp³-hybridized carbons (Fsp3) is 0.136. The SMILES string of the molecule is COc1ccc(NC(=O)c2cnn3c2NC(C(=O)O)=C[C@@H]3c2cccc(Cl)c2)cc1OC. The lowest BCUT2D eigenvalue weighted by Gasteiger charge is -2.24. The van der Waals surface area contributed by atoms with E-state index in [-0.39, 0.29) is 17.1 Å². The van der Waals surface area contributed by atoms with Crippen LogP contribution in [0.1, 0.15) is 22.0 Å². The maximum absolute atomic E-state index is 13.0. The molecule has 1 aliphatic heterocycles. The molecule has 3 aromatic rings. The monoisotopic (exact) mass is 454 g/mol. The summed E-state index contributed by atoms with van der Waals surface area (Å²) in [5.74, 6) is -0.390. The van der Waals surface area contributed by atoms with Crippen LogP contribution >= 0.6 is 11.6 Å². The number of rotatable bonds is 6. The Morgan fingerprint density at radius 2 is 1.94 bits per heavy atom. The maximum atomic E-state index is 13.0. The molecule has 0 saturated heterocycles. The summed E-state index contributed by atoms with van der Waals surface area (Å²) in [6.07, 6.45) is 2.90. The second kappa shape index (κ2) is 8.64. The first kappa shape index (κ1) is 21.3. The highest BCUT2D eigenvalue weighted by Gasteiger charge is 2.29. The number of carbonyl (C=O) groups excluding carboxylic acids is 1. The first-order chi connectivity index (χ1) is 15.4. The van der Waals surface area contributed by atoms with Crippen LogP contribution in [0.2, 0.25) is 5.02 Å². The number of aliphatic carboxylic acids is 1. The third kappa shape index (κ3) is 3.97. The van der Waals surface area contributed by atoms with Crippen LogP contribution in [0, 0.1) is 0 Å². The molecule has 164 valence electrons. The number of hydrogen-bond donors (Lipinski definition) is 3. The summed E-state index contributed by atoms with van der Waals surface area (Å²) < 4.78 is 12.0. The van der Waals surface area contributed by atoms with Gasteiger partial charge in [0.25, 0.3) is 5.91 Å². The fourth-order valence-corrected chi connectivity index (χ4v) is 3.63. The molecule has 4 rings (SSSR count). The van der Waals surface area contributed by atoms with Crippen molar-refractivity contribution in [2.24, 2.45) is 0 Å². The molecule has 0 aliphatic carbocycles. The van der Waals surface area contributed by atoms with Gasteiger partial charge in [-0.25, -0.2) is 9.48 Å². The van der Waals surface area contributed by atoms with Gasteiger partial charge in [-0.05, 0) is 35.9 Å². The maximum Gasteiger partial charge on any atom is 0.352 e. The molecule has 32 heavy (non-hydrogen) atoms. The number of carboxylic acids is 1. The largest absolute Gasteiger partial charge is 0.493 e. The van der Waals surface area contributed by atoms with Crippen LogP contribution in [0.3, 0.4) is 0 Å². The molecule has 3 N–H and O–H groups in total. The van der Waals surface area contributed by atoms with Crippen molar-refractivity contribution in [3.05, 3.63) is 76.6 Å².